The Labute approximate surface area is 202 Å². The number of halogens is 1. The van der Waals surface area contributed by atoms with E-state index in [1.807, 2.05) is 49.4 Å². The van der Waals surface area contributed by atoms with E-state index in [1.54, 1.807) is 37.5 Å². The molecular formula is C26H22ClNO4S. The fourth-order valence-electron chi connectivity index (χ4n) is 3.42. The summed E-state index contributed by atoms with van der Waals surface area (Å²) in [6.07, 6.45) is 1.70. The van der Waals surface area contributed by atoms with E-state index in [2.05, 4.69) is 0 Å². The van der Waals surface area contributed by atoms with E-state index in [0.717, 1.165) is 34.0 Å². The molecule has 0 atom stereocenters. The lowest BCUT2D eigenvalue weighted by Gasteiger charge is -2.13. The Hall–Kier alpha value is -3.22. The van der Waals surface area contributed by atoms with Crippen LogP contribution in [-0.4, -0.2) is 23.2 Å². The van der Waals surface area contributed by atoms with Gasteiger partial charge in [-0.2, -0.15) is 0 Å². The highest BCUT2D eigenvalue weighted by Crippen LogP contribution is 2.35. The first-order valence-corrected chi connectivity index (χ1v) is 11.5. The van der Waals surface area contributed by atoms with Gasteiger partial charge >= 0.3 is 0 Å². The summed E-state index contributed by atoms with van der Waals surface area (Å²) >= 11 is 6.88. The lowest BCUT2D eigenvalue weighted by Crippen LogP contribution is -2.27. The van der Waals surface area contributed by atoms with Crippen LogP contribution in [-0.2, 0) is 17.9 Å². The Kier molecular flexibility index (Phi) is 7.06. The number of ether oxygens (including phenoxy) is 2. The van der Waals surface area contributed by atoms with Gasteiger partial charge in [-0.15, -0.1) is 0 Å². The quantitative estimate of drug-likeness (QED) is 0.363. The van der Waals surface area contributed by atoms with Crippen LogP contribution in [0.1, 0.15) is 22.3 Å². The summed E-state index contributed by atoms with van der Waals surface area (Å²) in [5.41, 5.74) is 3.70. The summed E-state index contributed by atoms with van der Waals surface area (Å²) in [7, 11) is 1.57. The van der Waals surface area contributed by atoms with Crippen molar-refractivity contribution in [3.63, 3.8) is 0 Å². The van der Waals surface area contributed by atoms with Crippen molar-refractivity contribution in [3.05, 3.63) is 98.9 Å². The highest BCUT2D eigenvalue weighted by atomic mass is 35.5. The van der Waals surface area contributed by atoms with Crippen molar-refractivity contribution in [3.8, 4) is 11.5 Å². The molecule has 0 unspecified atom stereocenters. The highest BCUT2D eigenvalue weighted by Gasteiger charge is 2.35. The van der Waals surface area contributed by atoms with E-state index in [4.69, 9.17) is 21.1 Å². The standard InChI is InChI=1S/C26H22ClNO4S/c1-17-4-3-5-20(12-17)15-28-25(29)24(33-26(28)30)14-19-8-11-22(31-2)23(13-19)32-16-18-6-9-21(27)10-7-18/h3-14H,15-16H2,1-2H3/b24-14-. The van der Waals surface area contributed by atoms with Gasteiger partial charge in [0.2, 0.25) is 0 Å². The molecule has 1 aliphatic heterocycles. The molecule has 0 radical (unpaired) electrons. The number of hydrogen-bond acceptors (Lipinski definition) is 5. The van der Waals surface area contributed by atoms with Crippen LogP contribution in [0.15, 0.2) is 71.6 Å². The number of aryl methyl sites for hydroxylation is 1. The molecule has 7 heteroatoms. The topological polar surface area (TPSA) is 55.8 Å². The molecule has 4 rings (SSSR count). The minimum absolute atomic E-state index is 0.252. The lowest BCUT2D eigenvalue weighted by atomic mass is 10.1. The SMILES string of the molecule is COc1ccc(/C=C2\SC(=O)N(Cc3cccc(C)c3)C2=O)cc1OCc1ccc(Cl)cc1. The van der Waals surface area contributed by atoms with Crippen molar-refractivity contribution >= 4 is 40.6 Å². The van der Waals surface area contributed by atoms with Crippen LogP contribution in [0.3, 0.4) is 0 Å². The average molecular weight is 480 g/mol. The molecule has 0 N–H and O–H groups in total. The zero-order valence-electron chi connectivity index (χ0n) is 18.2. The third-order valence-corrected chi connectivity index (χ3v) is 6.25. The summed E-state index contributed by atoms with van der Waals surface area (Å²) < 4.78 is 11.4. The summed E-state index contributed by atoms with van der Waals surface area (Å²) in [5.74, 6) is 0.819. The van der Waals surface area contributed by atoms with Gasteiger partial charge in [0.15, 0.2) is 11.5 Å². The van der Waals surface area contributed by atoms with Crippen LogP contribution < -0.4 is 9.47 Å². The predicted molar refractivity (Wildman–Crippen MR) is 131 cm³/mol. The number of carbonyl (C=O) groups is 2. The molecule has 0 aromatic heterocycles. The van der Waals surface area contributed by atoms with Gasteiger partial charge in [0.05, 0.1) is 18.6 Å². The smallest absolute Gasteiger partial charge is 0.293 e. The Bertz CT molecular complexity index is 1220. The van der Waals surface area contributed by atoms with E-state index < -0.39 is 0 Å². The molecule has 3 aromatic rings. The van der Waals surface area contributed by atoms with Crippen molar-refractivity contribution < 1.29 is 19.1 Å². The zero-order valence-corrected chi connectivity index (χ0v) is 19.8. The number of benzene rings is 3. The molecule has 0 aliphatic carbocycles. The molecule has 1 heterocycles. The highest BCUT2D eigenvalue weighted by molar-refractivity contribution is 8.18. The van der Waals surface area contributed by atoms with Gasteiger partial charge in [-0.3, -0.25) is 14.5 Å². The maximum absolute atomic E-state index is 12.9. The van der Waals surface area contributed by atoms with Crippen LogP contribution in [0.25, 0.3) is 6.08 Å². The molecule has 0 bridgehead atoms. The summed E-state index contributed by atoms with van der Waals surface area (Å²) in [4.78, 5) is 27.1. The van der Waals surface area contributed by atoms with Gasteiger partial charge in [-0.05, 0) is 65.7 Å². The van der Waals surface area contributed by atoms with Crippen molar-refractivity contribution in [2.75, 3.05) is 7.11 Å². The fraction of sp³-hybridized carbons (Fsp3) is 0.154. The van der Waals surface area contributed by atoms with Gasteiger partial charge in [-0.25, -0.2) is 0 Å². The Morgan fingerprint density at radius 3 is 2.48 bits per heavy atom. The summed E-state index contributed by atoms with van der Waals surface area (Å²) in [5, 5.41) is 0.384. The van der Waals surface area contributed by atoms with E-state index in [9.17, 15) is 9.59 Å². The second kappa shape index (κ2) is 10.1. The molecule has 3 aromatic carbocycles. The fourth-order valence-corrected chi connectivity index (χ4v) is 4.38. The average Bonchev–Trinajstić information content (AvgIpc) is 3.06. The van der Waals surface area contributed by atoms with Crippen molar-refractivity contribution in [1.82, 2.24) is 4.90 Å². The summed E-state index contributed by atoms with van der Waals surface area (Å²) in [6.45, 7) is 2.57. The van der Waals surface area contributed by atoms with Gasteiger partial charge in [0, 0.05) is 5.02 Å². The van der Waals surface area contributed by atoms with Crippen LogP contribution in [0.5, 0.6) is 11.5 Å². The molecule has 2 amide bonds. The second-order valence-electron chi connectivity index (χ2n) is 7.58. The number of carbonyl (C=O) groups excluding carboxylic acids is 2. The number of imide groups is 1. The second-order valence-corrected chi connectivity index (χ2v) is 9.01. The number of thioether (sulfide) groups is 1. The maximum atomic E-state index is 12.9. The van der Waals surface area contributed by atoms with Crippen molar-refractivity contribution in [2.45, 2.75) is 20.1 Å². The zero-order chi connectivity index (χ0) is 23.4. The molecule has 1 saturated heterocycles. The normalized spacial score (nSPS) is 14.8. The minimum atomic E-state index is -0.300. The molecule has 0 spiro atoms. The van der Waals surface area contributed by atoms with Gasteiger partial charge in [0.1, 0.15) is 6.61 Å². The van der Waals surface area contributed by atoms with Crippen LogP contribution in [0, 0.1) is 6.92 Å². The number of nitrogens with zero attached hydrogens (tertiary/aromatic N) is 1. The number of rotatable bonds is 7. The third-order valence-electron chi connectivity index (χ3n) is 5.09. The first-order valence-electron chi connectivity index (χ1n) is 10.3. The molecule has 33 heavy (non-hydrogen) atoms. The molecule has 5 nitrogen and oxygen atoms in total. The van der Waals surface area contributed by atoms with E-state index in [1.165, 1.54) is 4.90 Å². The molecule has 168 valence electrons. The largest absolute Gasteiger partial charge is 0.493 e. The van der Waals surface area contributed by atoms with E-state index in [-0.39, 0.29) is 17.7 Å². The van der Waals surface area contributed by atoms with Crippen LogP contribution in [0.2, 0.25) is 5.02 Å². The monoisotopic (exact) mass is 479 g/mol. The lowest BCUT2D eigenvalue weighted by molar-refractivity contribution is -0.123. The van der Waals surface area contributed by atoms with Gasteiger partial charge < -0.3 is 9.47 Å². The van der Waals surface area contributed by atoms with Crippen molar-refractivity contribution in [2.24, 2.45) is 0 Å². The Balaban J connectivity index is 1.51. The van der Waals surface area contributed by atoms with Gasteiger partial charge in [-0.1, -0.05) is 59.6 Å². The number of methoxy groups -OCH3 is 1. The van der Waals surface area contributed by atoms with E-state index >= 15 is 0 Å². The van der Waals surface area contributed by atoms with Crippen molar-refractivity contribution in [1.29, 1.82) is 0 Å². The summed E-state index contributed by atoms with van der Waals surface area (Å²) in [6, 6.07) is 20.6. The molecule has 1 aliphatic rings. The first kappa shape index (κ1) is 23.0. The number of hydrogen-bond donors (Lipinski definition) is 0. The molecule has 0 saturated carbocycles. The third kappa shape index (κ3) is 5.59. The maximum Gasteiger partial charge on any atom is 0.293 e. The molecular weight excluding hydrogens is 458 g/mol. The van der Waals surface area contributed by atoms with E-state index in [0.29, 0.717) is 28.0 Å². The predicted octanol–water partition coefficient (Wildman–Crippen LogP) is 6.47. The van der Waals surface area contributed by atoms with Crippen LogP contribution >= 0.6 is 23.4 Å². The minimum Gasteiger partial charge on any atom is -0.493 e. The Morgan fingerprint density at radius 2 is 1.76 bits per heavy atom. The first-order chi connectivity index (χ1) is 15.9. The number of amides is 2. The molecule has 1 fully saturated rings. The Morgan fingerprint density at radius 1 is 0.970 bits per heavy atom. The van der Waals surface area contributed by atoms with Gasteiger partial charge in [0.25, 0.3) is 11.1 Å². The van der Waals surface area contributed by atoms with Crippen LogP contribution in [0.4, 0.5) is 4.79 Å².